The number of amides is 2. The predicted octanol–water partition coefficient (Wildman–Crippen LogP) is 4.06. The van der Waals surface area contributed by atoms with Gasteiger partial charge in [0.05, 0.1) is 17.0 Å². The third kappa shape index (κ3) is 8.01. The van der Waals surface area contributed by atoms with Crippen LogP contribution in [0.4, 0.5) is 5.69 Å². The van der Waals surface area contributed by atoms with Gasteiger partial charge in [-0.15, -0.1) is 0 Å². The normalized spacial score (nSPS) is 12.3. The fraction of sp³-hybridized carbons (Fsp3) is 0.391. The summed E-state index contributed by atoms with van der Waals surface area (Å²) in [6.45, 7) is 5.71. The van der Waals surface area contributed by atoms with Crippen molar-refractivity contribution in [2.24, 2.45) is 5.92 Å². The molecule has 1 N–H and O–H groups in total. The molecule has 2 aromatic carbocycles. The summed E-state index contributed by atoms with van der Waals surface area (Å²) in [6, 6.07) is 13.0. The average Bonchev–Trinajstić information content (AvgIpc) is 2.74. The quantitative estimate of drug-likeness (QED) is 0.477. The Morgan fingerprint density at radius 2 is 1.67 bits per heavy atom. The zero-order valence-corrected chi connectivity index (χ0v) is 22.2. The number of benzene rings is 2. The molecule has 0 heterocycles. The van der Waals surface area contributed by atoms with E-state index in [4.69, 9.17) is 11.6 Å². The second kappa shape index (κ2) is 11.9. The summed E-state index contributed by atoms with van der Waals surface area (Å²) in [5.41, 5.74) is 1.01. The van der Waals surface area contributed by atoms with Crippen molar-refractivity contribution >= 4 is 55.1 Å². The molecule has 0 bridgehead atoms. The van der Waals surface area contributed by atoms with Crippen molar-refractivity contribution < 1.29 is 18.0 Å². The molecule has 0 saturated carbocycles. The van der Waals surface area contributed by atoms with E-state index in [1.807, 2.05) is 38.1 Å². The van der Waals surface area contributed by atoms with Crippen molar-refractivity contribution in [3.8, 4) is 0 Å². The number of rotatable bonds is 10. The van der Waals surface area contributed by atoms with Gasteiger partial charge in [-0.1, -0.05) is 65.6 Å². The highest BCUT2D eigenvalue weighted by Crippen LogP contribution is 2.27. The maximum Gasteiger partial charge on any atom is 0.244 e. The number of sulfonamides is 1. The van der Waals surface area contributed by atoms with Crippen LogP contribution in [-0.2, 0) is 26.2 Å². The Labute approximate surface area is 209 Å². The minimum absolute atomic E-state index is 0.141. The van der Waals surface area contributed by atoms with Gasteiger partial charge >= 0.3 is 0 Å². The number of hydrogen-bond donors (Lipinski definition) is 1. The van der Waals surface area contributed by atoms with E-state index < -0.39 is 28.5 Å². The van der Waals surface area contributed by atoms with Crippen LogP contribution < -0.4 is 9.62 Å². The zero-order chi connectivity index (χ0) is 24.8. The molecule has 0 aromatic heterocycles. The Bertz CT molecular complexity index is 1080. The molecule has 2 rings (SSSR count). The second-order valence-corrected chi connectivity index (χ2v) is 11.4. The van der Waals surface area contributed by atoms with Crippen LogP contribution in [0.15, 0.2) is 53.0 Å². The van der Waals surface area contributed by atoms with Crippen LogP contribution in [0.1, 0.15) is 26.3 Å². The molecule has 0 aliphatic carbocycles. The molecule has 7 nitrogen and oxygen atoms in total. The number of halogens is 2. The highest BCUT2D eigenvalue weighted by molar-refractivity contribution is 9.10. The molecule has 10 heteroatoms. The number of para-hydroxylation sites is 1. The van der Waals surface area contributed by atoms with Gasteiger partial charge in [-0.3, -0.25) is 13.9 Å². The number of anilines is 1. The molecule has 180 valence electrons. The van der Waals surface area contributed by atoms with E-state index in [0.29, 0.717) is 6.54 Å². The first-order valence-electron chi connectivity index (χ1n) is 10.4. The SMILES string of the molecule is CC(C)CNC(=O)[C@H](C)N(Cc1ccc(Br)cc1)C(=O)CN(c1ccccc1Cl)S(C)(=O)=O. The molecular weight excluding hydrogens is 530 g/mol. The van der Waals surface area contributed by atoms with Crippen molar-refractivity contribution in [2.75, 3.05) is 23.7 Å². The van der Waals surface area contributed by atoms with Crippen LogP contribution in [-0.4, -0.2) is 50.5 Å². The molecule has 0 radical (unpaired) electrons. The predicted molar refractivity (Wildman–Crippen MR) is 136 cm³/mol. The van der Waals surface area contributed by atoms with Gasteiger partial charge in [0.15, 0.2) is 0 Å². The van der Waals surface area contributed by atoms with Crippen molar-refractivity contribution in [3.05, 3.63) is 63.6 Å². The molecule has 0 aliphatic rings. The molecule has 0 aliphatic heterocycles. The number of carbonyl (C=O) groups excluding carboxylic acids is 2. The van der Waals surface area contributed by atoms with E-state index in [1.165, 1.54) is 11.0 Å². The third-order valence-electron chi connectivity index (χ3n) is 4.92. The Morgan fingerprint density at radius 3 is 2.21 bits per heavy atom. The topological polar surface area (TPSA) is 86.8 Å². The minimum Gasteiger partial charge on any atom is -0.354 e. The van der Waals surface area contributed by atoms with E-state index in [-0.39, 0.29) is 29.1 Å². The Hall–Kier alpha value is -2.10. The van der Waals surface area contributed by atoms with Gasteiger partial charge in [0.25, 0.3) is 0 Å². The van der Waals surface area contributed by atoms with Gasteiger partial charge in [-0.05, 0) is 42.7 Å². The summed E-state index contributed by atoms with van der Waals surface area (Å²) in [4.78, 5) is 27.6. The highest BCUT2D eigenvalue weighted by atomic mass is 79.9. The lowest BCUT2D eigenvalue weighted by molar-refractivity contribution is -0.139. The first kappa shape index (κ1) is 27.1. The van der Waals surface area contributed by atoms with Gasteiger partial charge in [0.2, 0.25) is 21.8 Å². The standard InChI is InChI=1S/C23H29BrClN3O4S/c1-16(2)13-26-23(30)17(3)27(14-18-9-11-19(24)12-10-18)22(29)15-28(33(4,31)32)21-8-6-5-7-20(21)25/h5-12,16-17H,13-15H2,1-4H3,(H,26,30)/t17-/m0/s1. The maximum atomic E-state index is 13.4. The van der Waals surface area contributed by atoms with E-state index >= 15 is 0 Å². The molecule has 2 aromatic rings. The van der Waals surface area contributed by atoms with Crippen LogP contribution in [0.25, 0.3) is 0 Å². The number of nitrogens with zero attached hydrogens (tertiary/aromatic N) is 2. The third-order valence-corrected chi connectivity index (χ3v) is 6.89. The molecular formula is C23H29BrClN3O4S. The highest BCUT2D eigenvalue weighted by Gasteiger charge is 2.30. The number of carbonyl (C=O) groups is 2. The molecule has 2 amide bonds. The van der Waals surface area contributed by atoms with Crippen LogP contribution in [0.2, 0.25) is 5.02 Å². The van der Waals surface area contributed by atoms with Gasteiger partial charge in [0.1, 0.15) is 12.6 Å². The van der Waals surface area contributed by atoms with Gasteiger partial charge in [-0.2, -0.15) is 0 Å². The fourth-order valence-electron chi connectivity index (χ4n) is 3.07. The molecule has 0 unspecified atom stereocenters. The summed E-state index contributed by atoms with van der Waals surface area (Å²) < 4.78 is 26.9. The summed E-state index contributed by atoms with van der Waals surface area (Å²) in [7, 11) is -3.82. The largest absolute Gasteiger partial charge is 0.354 e. The van der Waals surface area contributed by atoms with Gasteiger partial charge in [0, 0.05) is 17.6 Å². The fourth-order valence-corrected chi connectivity index (χ4v) is 4.48. The zero-order valence-electron chi connectivity index (χ0n) is 19.1. The van der Waals surface area contributed by atoms with E-state index in [2.05, 4.69) is 21.2 Å². The maximum absolute atomic E-state index is 13.4. The van der Waals surface area contributed by atoms with Crippen LogP contribution >= 0.6 is 27.5 Å². The van der Waals surface area contributed by atoms with E-state index in [9.17, 15) is 18.0 Å². The Morgan fingerprint density at radius 1 is 1.06 bits per heavy atom. The summed E-state index contributed by atoms with van der Waals surface area (Å²) in [5.74, 6) is -0.578. The lowest BCUT2D eigenvalue weighted by Gasteiger charge is -2.31. The van der Waals surface area contributed by atoms with Crippen molar-refractivity contribution in [2.45, 2.75) is 33.4 Å². The lowest BCUT2D eigenvalue weighted by atomic mass is 10.1. The number of hydrogen-bond acceptors (Lipinski definition) is 4. The lowest BCUT2D eigenvalue weighted by Crippen LogP contribution is -2.51. The van der Waals surface area contributed by atoms with Gasteiger partial charge in [-0.25, -0.2) is 8.42 Å². The van der Waals surface area contributed by atoms with Crippen molar-refractivity contribution in [1.29, 1.82) is 0 Å². The molecule has 33 heavy (non-hydrogen) atoms. The van der Waals surface area contributed by atoms with Crippen LogP contribution in [0.5, 0.6) is 0 Å². The van der Waals surface area contributed by atoms with Crippen molar-refractivity contribution in [1.82, 2.24) is 10.2 Å². The van der Waals surface area contributed by atoms with Crippen LogP contribution in [0.3, 0.4) is 0 Å². The monoisotopic (exact) mass is 557 g/mol. The molecule has 0 saturated heterocycles. The van der Waals surface area contributed by atoms with E-state index in [1.54, 1.807) is 25.1 Å². The Kier molecular flexibility index (Phi) is 9.75. The first-order chi connectivity index (χ1) is 15.4. The number of nitrogens with one attached hydrogen (secondary N) is 1. The first-order valence-corrected chi connectivity index (χ1v) is 13.5. The van der Waals surface area contributed by atoms with E-state index in [0.717, 1.165) is 20.6 Å². The smallest absolute Gasteiger partial charge is 0.244 e. The molecule has 0 fully saturated rings. The van der Waals surface area contributed by atoms with Crippen molar-refractivity contribution in [3.63, 3.8) is 0 Å². The minimum atomic E-state index is -3.82. The Balaban J connectivity index is 2.36. The molecule has 1 atom stereocenters. The summed E-state index contributed by atoms with van der Waals surface area (Å²) >= 11 is 9.60. The van der Waals surface area contributed by atoms with Crippen LogP contribution in [0, 0.1) is 5.92 Å². The second-order valence-electron chi connectivity index (χ2n) is 8.18. The van der Waals surface area contributed by atoms with Gasteiger partial charge < -0.3 is 10.2 Å². The average molecular weight is 559 g/mol. The summed E-state index contributed by atoms with van der Waals surface area (Å²) in [5, 5.41) is 3.05. The summed E-state index contributed by atoms with van der Waals surface area (Å²) in [6.07, 6.45) is 1.02. The molecule has 0 spiro atoms.